The number of thiophene rings is 1. The molecule has 0 bridgehead atoms. The van der Waals surface area contributed by atoms with E-state index in [0.29, 0.717) is 15.3 Å². The van der Waals surface area contributed by atoms with Crippen LogP contribution in [0.3, 0.4) is 0 Å². The zero-order valence-electron chi connectivity index (χ0n) is 10.2. The quantitative estimate of drug-likeness (QED) is 0.751. The summed E-state index contributed by atoms with van der Waals surface area (Å²) in [6.07, 6.45) is -4.43. The first-order chi connectivity index (χ1) is 9.86. The molecule has 1 aromatic carbocycles. The van der Waals surface area contributed by atoms with E-state index in [4.69, 9.17) is 5.11 Å². The molecule has 0 saturated heterocycles. The molecule has 0 saturated carbocycles. The number of nitrogens with one attached hydrogen (secondary N) is 1. The Kier molecular flexibility index (Phi) is 2.98. The molecule has 0 aliphatic carbocycles. The molecule has 0 spiro atoms. The van der Waals surface area contributed by atoms with Crippen molar-refractivity contribution in [3.8, 4) is 10.6 Å². The molecule has 0 radical (unpaired) electrons. The number of aromatic nitrogens is 2. The Balaban J connectivity index is 2.15. The number of rotatable bonds is 2. The van der Waals surface area contributed by atoms with E-state index in [9.17, 15) is 18.0 Å². The van der Waals surface area contributed by atoms with E-state index in [2.05, 4.69) is 10.2 Å². The first-order valence-corrected chi connectivity index (χ1v) is 6.57. The molecule has 3 rings (SSSR count). The van der Waals surface area contributed by atoms with Crippen LogP contribution in [0.5, 0.6) is 0 Å². The van der Waals surface area contributed by atoms with Crippen molar-refractivity contribution >= 4 is 27.4 Å². The molecular weight excluding hydrogens is 305 g/mol. The summed E-state index contributed by atoms with van der Waals surface area (Å²) in [5.41, 5.74) is -0.513. The van der Waals surface area contributed by atoms with Crippen molar-refractivity contribution in [2.75, 3.05) is 0 Å². The van der Waals surface area contributed by atoms with Crippen molar-refractivity contribution in [1.82, 2.24) is 10.2 Å². The Morgan fingerprint density at radius 3 is 2.67 bits per heavy atom. The molecule has 2 aromatic heterocycles. The summed E-state index contributed by atoms with van der Waals surface area (Å²) in [5, 5.41) is 15.0. The fraction of sp³-hybridized carbons (Fsp3) is 0.0769. The lowest BCUT2D eigenvalue weighted by atomic mass is 10.1. The molecule has 0 aliphatic rings. The van der Waals surface area contributed by atoms with Crippen LogP contribution in [0, 0.1) is 0 Å². The Labute approximate surface area is 119 Å². The maximum atomic E-state index is 12.9. The molecule has 0 unspecified atom stereocenters. The normalized spacial score (nSPS) is 12.0. The second kappa shape index (κ2) is 4.59. The zero-order valence-corrected chi connectivity index (χ0v) is 11.0. The highest BCUT2D eigenvalue weighted by Crippen LogP contribution is 2.40. The highest BCUT2D eigenvalue weighted by Gasteiger charge is 2.32. The minimum atomic E-state index is -4.43. The molecule has 4 nitrogen and oxygen atoms in total. The standard InChI is InChI=1S/C13H7F3N2O2S/c14-13(15,16)7-2-1-3-10-6(7)4-11(21-10)8-5-9(12(19)20)18-17-8/h1-5H,(H,17,18)(H,19,20). The minimum Gasteiger partial charge on any atom is -0.476 e. The number of carboxylic acids is 1. The van der Waals surface area contributed by atoms with E-state index in [1.807, 2.05) is 0 Å². The van der Waals surface area contributed by atoms with E-state index in [1.54, 1.807) is 6.07 Å². The van der Waals surface area contributed by atoms with E-state index in [0.717, 1.165) is 17.4 Å². The molecule has 2 N–H and O–H groups in total. The predicted molar refractivity (Wildman–Crippen MR) is 71.4 cm³/mol. The van der Waals surface area contributed by atoms with Gasteiger partial charge in [0.05, 0.1) is 16.1 Å². The van der Waals surface area contributed by atoms with Crippen molar-refractivity contribution in [1.29, 1.82) is 0 Å². The van der Waals surface area contributed by atoms with Crippen molar-refractivity contribution < 1.29 is 23.1 Å². The topological polar surface area (TPSA) is 66.0 Å². The highest BCUT2D eigenvalue weighted by molar-refractivity contribution is 7.22. The summed E-state index contributed by atoms with van der Waals surface area (Å²) in [7, 11) is 0. The third kappa shape index (κ3) is 2.38. The van der Waals surface area contributed by atoms with Crippen LogP contribution in [0.25, 0.3) is 20.7 Å². The minimum absolute atomic E-state index is 0.0940. The number of nitrogens with zero attached hydrogens (tertiary/aromatic N) is 1. The van der Waals surface area contributed by atoms with Crippen molar-refractivity contribution in [3.63, 3.8) is 0 Å². The van der Waals surface area contributed by atoms with Gasteiger partial charge in [0.2, 0.25) is 0 Å². The summed E-state index contributed by atoms with van der Waals surface area (Å²) < 4.78 is 39.3. The van der Waals surface area contributed by atoms with E-state index < -0.39 is 17.7 Å². The Morgan fingerprint density at radius 2 is 2.05 bits per heavy atom. The van der Waals surface area contributed by atoms with E-state index in [-0.39, 0.29) is 11.1 Å². The number of carbonyl (C=O) groups is 1. The van der Waals surface area contributed by atoms with Gasteiger partial charge in [-0.1, -0.05) is 6.07 Å². The average Bonchev–Trinajstić information content (AvgIpc) is 3.03. The van der Waals surface area contributed by atoms with Gasteiger partial charge in [0, 0.05) is 10.1 Å². The van der Waals surface area contributed by atoms with Gasteiger partial charge >= 0.3 is 12.1 Å². The summed E-state index contributed by atoms with van der Waals surface area (Å²) in [6, 6.07) is 6.64. The first kappa shape index (κ1) is 13.6. The van der Waals surface area contributed by atoms with Crippen molar-refractivity contribution in [3.05, 3.63) is 41.6 Å². The van der Waals surface area contributed by atoms with Crippen LogP contribution >= 0.6 is 11.3 Å². The molecule has 0 fully saturated rings. The van der Waals surface area contributed by atoms with E-state index in [1.165, 1.54) is 18.2 Å². The summed E-state index contributed by atoms with van der Waals surface area (Å²) >= 11 is 1.14. The van der Waals surface area contributed by atoms with Crippen molar-refractivity contribution in [2.45, 2.75) is 6.18 Å². The summed E-state index contributed by atoms with van der Waals surface area (Å²) in [5.74, 6) is -1.20. The molecule has 8 heteroatoms. The van der Waals surface area contributed by atoms with Gasteiger partial charge in [-0.15, -0.1) is 11.3 Å². The molecule has 21 heavy (non-hydrogen) atoms. The Morgan fingerprint density at radius 1 is 1.29 bits per heavy atom. The lowest BCUT2D eigenvalue weighted by Gasteiger charge is -2.06. The Bertz CT molecular complexity index is 835. The van der Waals surface area contributed by atoms with Gasteiger partial charge < -0.3 is 5.11 Å². The largest absolute Gasteiger partial charge is 0.476 e. The Hall–Kier alpha value is -2.35. The maximum absolute atomic E-state index is 12.9. The number of aromatic carboxylic acids is 1. The summed E-state index contributed by atoms with van der Waals surface area (Å²) in [6.45, 7) is 0. The fourth-order valence-electron chi connectivity index (χ4n) is 2.00. The molecule has 108 valence electrons. The zero-order chi connectivity index (χ0) is 15.2. The van der Waals surface area contributed by atoms with Gasteiger partial charge in [0.25, 0.3) is 0 Å². The molecular formula is C13H7F3N2O2S. The van der Waals surface area contributed by atoms with Gasteiger partial charge in [-0.2, -0.15) is 18.3 Å². The number of benzene rings is 1. The molecule has 0 aliphatic heterocycles. The van der Waals surface area contributed by atoms with Gasteiger partial charge in [-0.3, -0.25) is 5.10 Å². The average molecular weight is 312 g/mol. The predicted octanol–water partition coefficient (Wildman–Crippen LogP) is 4.01. The monoisotopic (exact) mass is 312 g/mol. The number of carboxylic acid groups (broad SMARTS) is 1. The second-order valence-electron chi connectivity index (χ2n) is 4.30. The molecule has 0 amide bonds. The first-order valence-electron chi connectivity index (χ1n) is 5.75. The lowest BCUT2D eigenvalue weighted by Crippen LogP contribution is -2.04. The van der Waals surface area contributed by atoms with Crippen LogP contribution in [-0.4, -0.2) is 21.3 Å². The third-order valence-corrected chi connectivity index (χ3v) is 4.06. The lowest BCUT2D eigenvalue weighted by molar-refractivity contribution is -0.136. The second-order valence-corrected chi connectivity index (χ2v) is 5.38. The van der Waals surface area contributed by atoms with E-state index >= 15 is 0 Å². The number of aromatic amines is 1. The van der Waals surface area contributed by atoms with Crippen LogP contribution in [-0.2, 0) is 6.18 Å². The number of hydrogen-bond donors (Lipinski definition) is 2. The molecule has 0 atom stereocenters. The van der Waals surface area contributed by atoms with Gasteiger partial charge in [0.15, 0.2) is 5.69 Å². The number of H-pyrrole nitrogens is 1. The highest BCUT2D eigenvalue weighted by atomic mass is 32.1. The molecule has 3 aromatic rings. The SMILES string of the molecule is O=C(O)c1cc(-c2cc3c(C(F)(F)F)cccc3s2)[nH]n1. The third-order valence-electron chi connectivity index (χ3n) is 2.93. The smallest absolute Gasteiger partial charge is 0.417 e. The van der Waals surface area contributed by atoms with Crippen LogP contribution in [0.2, 0.25) is 0 Å². The molecule has 2 heterocycles. The van der Waals surface area contributed by atoms with Gasteiger partial charge in [0.1, 0.15) is 0 Å². The van der Waals surface area contributed by atoms with Crippen LogP contribution in [0.4, 0.5) is 13.2 Å². The van der Waals surface area contributed by atoms with Crippen LogP contribution in [0.15, 0.2) is 30.3 Å². The van der Waals surface area contributed by atoms with Gasteiger partial charge in [-0.05, 0) is 24.3 Å². The van der Waals surface area contributed by atoms with Crippen LogP contribution in [0.1, 0.15) is 16.1 Å². The number of halogens is 3. The number of fused-ring (bicyclic) bond motifs is 1. The van der Waals surface area contributed by atoms with Crippen molar-refractivity contribution in [2.24, 2.45) is 0 Å². The summed E-state index contributed by atoms with van der Waals surface area (Å²) in [4.78, 5) is 11.3. The fourth-order valence-corrected chi connectivity index (χ4v) is 3.05. The number of hydrogen-bond acceptors (Lipinski definition) is 3. The number of alkyl halides is 3. The van der Waals surface area contributed by atoms with Crippen LogP contribution < -0.4 is 0 Å². The maximum Gasteiger partial charge on any atom is 0.417 e. The van der Waals surface area contributed by atoms with Gasteiger partial charge in [-0.25, -0.2) is 4.79 Å².